The Hall–Kier alpha value is -1.63. The summed E-state index contributed by atoms with van der Waals surface area (Å²) in [4.78, 5) is 8.74. The van der Waals surface area contributed by atoms with E-state index in [1.165, 1.54) is 12.8 Å². The van der Waals surface area contributed by atoms with Crippen molar-refractivity contribution in [2.24, 2.45) is 5.92 Å². The molecule has 0 bridgehead atoms. The first-order valence-corrected chi connectivity index (χ1v) is 6.16. The summed E-state index contributed by atoms with van der Waals surface area (Å²) in [6.07, 6.45) is 4.72. The predicted octanol–water partition coefficient (Wildman–Crippen LogP) is 2.53. The molecule has 1 heterocycles. The van der Waals surface area contributed by atoms with E-state index in [0.29, 0.717) is 23.0 Å². The highest BCUT2D eigenvalue weighted by molar-refractivity contribution is 5.50. The Balaban J connectivity index is 2.26. The number of aromatic nitrogens is 2. The van der Waals surface area contributed by atoms with E-state index in [0.717, 1.165) is 24.6 Å². The fraction of sp³-hybridized carbons (Fsp3) is 0.615. The Morgan fingerprint density at radius 2 is 1.88 bits per heavy atom. The van der Waals surface area contributed by atoms with Crippen molar-refractivity contribution in [2.75, 3.05) is 5.73 Å². The van der Waals surface area contributed by atoms with Gasteiger partial charge in [0.1, 0.15) is 23.3 Å². The summed E-state index contributed by atoms with van der Waals surface area (Å²) in [6, 6.07) is 2.05. The quantitative estimate of drug-likeness (QED) is 0.804. The number of hydrogen-bond acceptors (Lipinski definition) is 4. The summed E-state index contributed by atoms with van der Waals surface area (Å²) in [7, 11) is 0. The Labute approximate surface area is 102 Å². The lowest BCUT2D eigenvalue weighted by Crippen LogP contribution is -2.15. The third-order valence-electron chi connectivity index (χ3n) is 3.63. The summed E-state index contributed by atoms with van der Waals surface area (Å²) in [5.41, 5.74) is 6.91. The molecule has 0 aliphatic heterocycles. The zero-order valence-electron chi connectivity index (χ0n) is 10.4. The average molecular weight is 230 g/mol. The molecule has 4 nitrogen and oxygen atoms in total. The average Bonchev–Trinajstić information content (AvgIpc) is 2.29. The van der Waals surface area contributed by atoms with Gasteiger partial charge >= 0.3 is 0 Å². The molecule has 0 aromatic carbocycles. The molecule has 0 saturated heterocycles. The first-order valence-electron chi connectivity index (χ1n) is 6.16. The molecule has 1 aliphatic carbocycles. The van der Waals surface area contributed by atoms with Crippen molar-refractivity contribution >= 4 is 5.82 Å². The summed E-state index contributed by atoms with van der Waals surface area (Å²) < 4.78 is 0. The van der Waals surface area contributed by atoms with Crippen LogP contribution in [0.4, 0.5) is 5.82 Å². The largest absolute Gasteiger partial charge is 0.382 e. The molecular weight excluding hydrogens is 212 g/mol. The molecule has 0 amide bonds. The van der Waals surface area contributed by atoms with Crippen molar-refractivity contribution in [2.45, 2.75) is 45.4 Å². The molecule has 1 aliphatic rings. The van der Waals surface area contributed by atoms with Crippen LogP contribution in [-0.2, 0) is 0 Å². The van der Waals surface area contributed by atoms with E-state index in [1.54, 1.807) is 0 Å². The van der Waals surface area contributed by atoms with E-state index in [-0.39, 0.29) is 0 Å². The zero-order chi connectivity index (χ0) is 12.4. The molecule has 90 valence electrons. The van der Waals surface area contributed by atoms with Gasteiger partial charge in [-0.15, -0.1) is 0 Å². The summed E-state index contributed by atoms with van der Waals surface area (Å²) in [5.74, 6) is 2.38. The minimum atomic E-state index is 0.327. The normalized spacial score (nSPS) is 24.3. The molecule has 1 saturated carbocycles. The molecule has 2 N–H and O–H groups in total. The van der Waals surface area contributed by atoms with Crippen LogP contribution in [0, 0.1) is 24.2 Å². The van der Waals surface area contributed by atoms with Gasteiger partial charge in [0.25, 0.3) is 0 Å². The molecule has 4 heteroatoms. The van der Waals surface area contributed by atoms with Crippen molar-refractivity contribution < 1.29 is 0 Å². The fourth-order valence-corrected chi connectivity index (χ4v) is 2.46. The van der Waals surface area contributed by atoms with E-state index < -0.39 is 0 Å². The smallest absolute Gasteiger partial charge is 0.145 e. The monoisotopic (exact) mass is 230 g/mol. The maximum absolute atomic E-state index is 8.93. The number of nitrogens with zero attached hydrogens (tertiary/aromatic N) is 3. The van der Waals surface area contributed by atoms with Crippen LogP contribution in [0.3, 0.4) is 0 Å². The van der Waals surface area contributed by atoms with Crippen LogP contribution in [0.25, 0.3) is 0 Å². The Morgan fingerprint density at radius 3 is 2.41 bits per heavy atom. The van der Waals surface area contributed by atoms with Crippen molar-refractivity contribution in [3.05, 3.63) is 17.1 Å². The highest BCUT2D eigenvalue weighted by Gasteiger charge is 2.23. The Kier molecular flexibility index (Phi) is 3.28. The standard InChI is InChI=1S/C13H18N4/c1-8-3-5-10(6-4-8)13-16-9(2)11(7-14)12(15)17-13/h8,10H,3-6H2,1-2H3,(H2,15,16,17). The summed E-state index contributed by atoms with van der Waals surface area (Å²) in [5, 5.41) is 8.93. The van der Waals surface area contributed by atoms with E-state index in [1.807, 2.05) is 6.92 Å². The first-order chi connectivity index (χ1) is 8.11. The Morgan fingerprint density at radius 1 is 1.24 bits per heavy atom. The van der Waals surface area contributed by atoms with Crippen molar-refractivity contribution in [3.8, 4) is 6.07 Å². The molecule has 17 heavy (non-hydrogen) atoms. The molecule has 1 aromatic heterocycles. The molecule has 2 rings (SSSR count). The van der Waals surface area contributed by atoms with Gasteiger partial charge in [0, 0.05) is 5.92 Å². The maximum atomic E-state index is 8.93. The van der Waals surface area contributed by atoms with Gasteiger partial charge in [-0.1, -0.05) is 19.8 Å². The van der Waals surface area contributed by atoms with Crippen molar-refractivity contribution in [3.63, 3.8) is 0 Å². The van der Waals surface area contributed by atoms with E-state index in [2.05, 4.69) is 23.0 Å². The van der Waals surface area contributed by atoms with Gasteiger partial charge in [0.15, 0.2) is 0 Å². The van der Waals surface area contributed by atoms with Gasteiger partial charge in [0.05, 0.1) is 5.69 Å². The van der Waals surface area contributed by atoms with Gasteiger partial charge in [-0.2, -0.15) is 5.26 Å². The van der Waals surface area contributed by atoms with Gasteiger partial charge in [-0.05, 0) is 25.7 Å². The lowest BCUT2D eigenvalue weighted by atomic mass is 9.82. The second-order valence-electron chi connectivity index (χ2n) is 5.00. The molecule has 0 atom stereocenters. The minimum absolute atomic E-state index is 0.327. The van der Waals surface area contributed by atoms with Crippen LogP contribution in [-0.4, -0.2) is 9.97 Å². The second-order valence-corrected chi connectivity index (χ2v) is 5.00. The SMILES string of the molecule is Cc1nc(C2CCC(C)CC2)nc(N)c1C#N. The molecule has 1 aromatic rings. The number of nitrogen functional groups attached to an aromatic ring is 1. The highest BCUT2D eigenvalue weighted by Crippen LogP contribution is 2.34. The van der Waals surface area contributed by atoms with Crippen LogP contribution < -0.4 is 5.73 Å². The fourth-order valence-electron chi connectivity index (χ4n) is 2.46. The molecule has 0 spiro atoms. The third kappa shape index (κ3) is 2.38. The number of rotatable bonds is 1. The number of nitriles is 1. The van der Waals surface area contributed by atoms with Gasteiger partial charge in [-0.3, -0.25) is 0 Å². The van der Waals surface area contributed by atoms with Crippen LogP contribution in [0.1, 0.15) is 55.6 Å². The third-order valence-corrected chi connectivity index (χ3v) is 3.63. The molecular formula is C13H18N4. The van der Waals surface area contributed by atoms with E-state index in [4.69, 9.17) is 11.0 Å². The number of hydrogen-bond donors (Lipinski definition) is 1. The van der Waals surface area contributed by atoms with Gasteiger partial charge in [-0.25, -0.2) is 9.97 Å². The van der Waals surface area contributed by atoms with Gasteiger partial charge < -0.3 is 5.73 Å². The van der Waals surface area contributed by atoms with Gasteiger partial charge in [0.2, 0.25) is 0 Å². The number of anilines is 1. The summed E-state index contributed by atoms with van der Waals surface area (Å²) >= 11 is 0. The summed E-state index contributed by atoms with van der Waals surface area (Å²) in [6.45, 7) is 4.11. The van der Waals surface area contributed by atoms with E-state index in [9.17, 15) is 0 Å². The first kappa shape index (κ1) is 11.8. The van der Waals surface area contributed by atoms with Crippen molar-refractivity contribution in [1.29, 1.82) is 5.26 Å². The zero-order valence-corrected chi connectivity index (χ0v) is 10.4. The maximum Gasteiger partial charge on any atom is 0.145 e. The number of aryl methyl sites for hydroxylation is 1. The lowest BCUT2D eigenvalue weighted by molar-refractivity contribution is 0.339. The van der Waals surface area contributed by atoms with E-state index >= 15 is 0 Å². The topological polar surface area (TPSA) is 75.6 Å². The second kappa shape index (κ2) is 4.70. The van der Waals surface area contributed by atoms with Crippen LogP contribution in [0.5, 0.6) is 0 Å². The molecule has 1 fully saturated rings. The molecule has 0 unspecified atom stereocenters. The number of nitrogens with two attached hydrogens (primary N) is 1. The lowest BCUT2D eigenvalue weighted by Gasteiger charge is -2.25. The highest BCUT2D eigenvalue weighted by atomic mass is 15.0. The molecule has 0 radical (unpaired) electrons. The predicted molar refractivity (Wildman–Crippen MR) is 66.3 cm³/mol. The van der Waals surface area contributed by atoms with Crippen LogP contribution in [0.2, 0.25) is 0 Å². The van der Waals surface area contributed by atoms with Crippen molar-refractivity contribution in [1.82, 2.24) is 9.97 Å². The van der Waals surface area contributed by atoms with Crippen LogP contribution in [0.15, 0.2) is 0 Å². The van der Waals surface area contributed by atoms with Crippen LogP contribution >= 0.6 is 0 Å². The minimum Gasteiger partial charge on any atom is -0.382 e. The Bertz CT molecular complexity index is 430.